The fourth-order valence-corrected chi connectivity index (χ4v) is 11.1. The van der Waals surface area contributed by atoms with Crippen LogP contribution in [0.15, 0.2) is 273 Å². The van der Waals surface area contributed by atoms with Gasteiger partial charge in [0.2, 0.25) is 0 Å². The van der Waals surface area contributed by atoms with E-state index in [0.29, 0.717) is 0 Å². The summed E-state index contributed by atoms with van der Waals surface area (Å²) in [5.41, 5.74) is 14.3. The SMILES string of the molecule is C1=CC(c2ccccc2-n2c3ccccc3c3ccc4ccccc4c32)C(c2ccccc2)C=C1N(c1cccc(-c2cccc3ccccc23)c1)c1cccc(-c2cccc3ccccc23)c1. The highest BCUT2D eigenvalue weighted by Crippen LogP contribution is 2.47. The number of hydrogen-bond donors (Lipinski definition) is 0. The summed E-state index contributed by atoms with van der Waals surface area (Å²) in [6.07, 6.45) is 7.36. The Hall–Kier alpha value is -8.72. The fourth-order valence-electron chi connectivity index (χ4n) is 11.1. The molecule has 1 heterocycles. The van der Waals surface area contributed by atoms with Crippen LogP contribution in [0.1, 0.15) is 23.0 Å². The van der Waals surface area contributed by atoms with Crippen LogP contribution in [0.2, 0.25) is 0 Å². The van der Waals surface area contributed by atoms with Gasteiger partial charge in [-0.25, -0.2) is 0 Å². The Morgan fingerprint density at radius 1 is 0.368 bits per heavy atom. The summed E-state index contributed by atoms with van der Waals surface area (Å²) in [7, 11) is 0. The van der Waals surface area contributed by atoms with Crippen molar-refractivity contribution in [3.8, 4) is 27.9 Å². The molecule has 11 aromatic carbocycles. The van der Waals surface area contributed by atoms with Crippen LogP contribution >= 0.6 is 0 Å². The highest BCUT2D eigenvalue weighted by molar-refractivity contribution is 6.18. The predicted octanol–water partition coefficient (Wildman–Crippen LogP) is 17.7. The van der Waals surface area contributed by atoms with E-state index in [4.69, 9.17) is 0 Å². The Kier molecular flexibility index (Phi) is 9.68. The normalized spacial score (nSPS) is 14.8. The summed E-state index contributed by atoms with van der Waals surface area (Å²) in [6, 6.07) is 91.3. The van der Waals surface area contributed by atoms with Crippen LogP contribution in [-0.4, -0.2) is 4.57 Å². The van der Waals surface area contributed by atoms with Crippen molar-refractivity contribution in [3.63, 3.8) is 0 Å². The van der Waals surface area contributed by atoms with Gasteiger partial charge in [0.05, 0.1) is 16.7 Å². The number of fused-ring (bicyclic) bond motifs is 7. The van der Waals surface area contributed by atoms with Crippen molar-refractivity contribution in [1.29, 1.82) is 0 Å². The molecule has 2 heteroatoms. The number of hydrogen-bond acceptors (Lipinski definition) is 1. The minimum atomic E-state index is 0.0205. The molecule has 12 aromatic rings. The first-order valence-electron chi connectivity index (χ1n) is 23.7. The van der Waals surface area contributed by atoms with Gasteiger partial charge in [-0.1, -0.05) is 224 Å². The van der Waals surface area contributed by atoms with E-state index in [1.54, 1.807) is 0 Å². The van der Waals surface area contributed by atoms with Crippen LogP contribution in [0, 0.1) is 0 Å². The van der Waals surface area contributed by atoms with Gasteiger partial charge in [-0.15, -0.1) is 0 Å². The van der Waals surface area contributed by atoms with Gasteiger partial charge >= 0.3 is 0 Å². The highest BCUT2D eigenvalue weighted by atomic mass is 15.1. The second-order valence-corrected chi connectivity index (χ2v) is 18.0. The Labute approximate surface area is 396 Å². The number of aromatic nitrogens is 1. The zero-order valence-corrected chi connectivity index (χ0v) is 37.5. The quantitative estimate of drug-likeness (QED) is 0.148. The molecular weight excluding hydrogens is 821 g/mol. The van der Waals surface area contributed by atoms with Crippen LogP contribution in [0.25, 0.3) is 82.1 Å². The number of nitrogens with zero attached hydrogens (tertiary/aromatic N) is 2. The maximum atomic E-state index is 2.53. The summed E-state index contributed by atoms with van der Waals surface area (Å²) in [5.74, 6) is 0.0570. The molecule has 13 rings (SSSR count). The molecule has 0 amide bonds. The third-order valence-corrected chi connectivity index (χ3v) is 14.2. The van der Waals surface area contributed by atoms with E-state index in [1.165, 1.54) is 93.2 Å². The van der Waals surface area contributed by atoms with Gasteiger partial charge in [-0.05, 0) is 103 Å². The number of para-hydroxylation sites is 2. The van der Waals surface area contributed by atoms with Gasteiger partial charge in [0.15, 0.2) is 0 Å². The van der Waals surface area contributed by atoms with Crippen LogP contribution in [0.5, 0.6) is 0 Å². The maximum Gasteiger partial charge on any atom is 0.0619 e. The summed E-state index contributed by atoms with van der Waals surface area (Å²) >= 11 is 0. The topological polar surface area (TPSA) is 8.17 Å². The average Bonchev–Trinajstić information content (AvgIpc) is 3.76. The van der Waals surface area contributed by atoms with E-state index in [-0.39, 0.29) is 11.8 Å². The van der Waals surface area contributed by atoms with Crippen molar-refractivity contribution in [2.75, 3.05) is 4.90 Å². The minimum absolute atomic E-state index is 0.0205. The largest absolute Gasteiger partial charge is 0.311 e. The molecule has 68 heavy (non-hydrogen) atoms. The Morgan fingerprint density at radius 2 is 0.897 bits per heavy atom. The van der Waals surface area contributed by atoms with Crippen molar-refractivity contribution in [2.45, 2.75) is 11.8 Å². The molecule has 0 fully saturated rings. The molecule has 0 saturated heterocycles. The van der Waals surface area contributed by atoms with E-state index in [2.05, 4.69) is 276 Å². The van der Waals surface area contributed by atoms with Gasteiger partial charge in [0.25, 0.3) is 0 Å². The zero-order chi connectivity index (χ0) is 45.0. The number of benzene rings is 11. The molecule has 0 spiro atoms. The van der Waals surface area contributed by atoms with Crippen LogP contribution in [0.3, 0.4) is 0 Å². The molecule has 2 unspecified atom stereocenters. The zero-order valence-electron chi connectivity index (χ0n) is 37.5. The molecule has 0 radical (unpaired) electrons. The molecule has 320 valence electrons. The molecule has 0 saturated carbocycles. The Bertz CT molecular complexity index is 3810. The smallest absolute Gasteiger partial charge is 0.0619 e. The van der Waals surface area contributed by atoms with Crippen molar-refractivity contribution in [2.24, 2.45) is 0 Å². The molecule has 0 N–H and O–H groups in total. The lowest BCUT2D eigenvalue weighted by atomic mass is 9.77. The molecule has 1 aliphatic rings. The lowest BCUT2D eigenvalue weighted by Gasteiger charge is -2.34. The monoisotopic (exact) mass is 866 g/mol. The standard InChI is InChI=1S/C66H46N2/c1-2-18-47(19-3-1)63-44-53(39-41-59(63)60-32-10-12-36-64(60)68-65-37-13-11-33-61(65)62-40-38-48-22-6-9-31-58(48)66(62)68)67(51-27-14-25-49(42-51)56-34-16-23-45-20-4-7-29-54(45)56)52-28-15-26-50(43-52)57-35-17-24-46-21-5-8-30-55(46)57/h1-44,59,63H. The summed E-state index contributed by atoms with van der Waals surface area (Å²) < 4.78 is 2.53. The maximum absolute atomic E-state index is 2.53. The molecule has 0 bridgehead atoms. The van der Waals surface area contributed by atoms with Crippen LogP contribution < -0.4 is 4.90 Å². The summed E-state index contributed by atoms with van der Waals surface area (Å²) in [5, 5.41) is 9.98. The highest BCUT2D eigenvalue weighted by Gasteiger charge is 2.30. The minimum Gasteiger partial charge on any atom is -0.311 e. The number of allylic oxidation sites excluding steroid dienone is 3. The second-order valence-electron chi connectivity index (χ2n) is 18.0. The van der Waals surface area contributed by atoms with Crippen molar-refractivity contribution < 1.29 is 0 Å². The summed E-state index contributed by atoms with van der Waals surface area (Å²) in [6.45, 7) is 0. The van der Waals surface area contributed by atoms with Crippen molar-refractivity contribution in [1.82, 2.24) is 4.57 Å². The third kappa shape index (κ3) is 6.72. The first-order chi connectivity index (χ1) is 33.7. The van der Waals surface area contributed by atoms with Gasteiger partial charge in [-0.2, -0.15) is 0 Å². The average molecular weight is 867 g/mol. The molecule has 0 aliphatic heterocycles. The lowest BCUT2D eigenvalue weighted by molar-refractivity contribution is 0.717. The summed E-state index contributed by atoms with van der Waals surface area (Å²) in [4.78, 5) is 2.47. The van der Waals surface area contributed by atoms with Gasteiger partial charge < -0.3 is 9.47 Å². The molecule has 1 aliphatic carbocycles. The number of anilines is 2. The van der Waals surface area contributed by atoms with Crippen molar-refractivity contribution in [3.05, 3.63) is 284 Å². The van der Waals surface area contributed by atoms with E-state index in [1.807, 2.05) is 0 Å². The fraction of sp³-hybridized carbons (Fsp3) is 0.0303. The first-order valence-corrected chi connectivity index (χ1v) is 23.7. The predicted molar refractivity (Wildman–Crippen MR) is 288 cm³/mol. The van der Waals surface area contributed by atoms with Crippen molar-refractivity contribution >= 4 is 65.5 Å². The van der Waals surface area contributed by atoms with E-state index in [9.17, 15) is 0 Å². The third-order valence-electron chi connectivity index (χ3n) is 14.2. The van der Waals surface area contributed by atoms with E-state index >= 15 is 0 Å². The first kappa shape index (κ1) is 39.6. The van der Waals surface area contributed by atoms with E-state index < -0.39 is 0 Å². The molecule has 2 nitrogen and oxygen atoms in total. The van der Waals surface area contributed by atoms with Gasteiger partial charge in [0.1, 0.15) is 0 Å². The Balaban J connectivity index is 1.01. The molecule has 2 atom stereocenters. The second kappa shape index (κ2) is 16.6. The van der Waals surface area contributed by atoms with Gasteiger partial charge in [-0.3, -0.25) is 0 Å². The molecule has 1 aromatic heterocycles. The Morgan fingerprint density at radius 3 is 1.57 bits per heavy atom. The lowest BCUT2D eigenvalue weighted by Crippen LogP contribution is -2.21. The van der Waals surface area contributed by atoms with E-state index in [0.717, 1.165) is 17.1 Å². The van der Waals surface area contributed by atoms with Gasteiger partial charge in [0, 0.05) is 45.1 Å². The molecular formula is C66H46N2. The number of rotatable bonds is 8. The van der Waals surface area contributed by atoms with Crippen LogP contribution in [0.4, 0.5) is 11.4 Å². The van der Waals surface area contributed by atoms with Crippen LogP contribution in [-0.2, 0) is 0 Å².